The van der Waals surface area contributed by atoms with Crippen LogP contribution in [0.3, 0.4) is 0 Å². The summed E-state index contributed by atoms with van der Waals surface area (Å²) < 4.78 is 2.00. The number of aromatic nitrogens is 3. The van der Waals surface area contributed by atoms with E-state index in [1.807, 2.05) is 18.5 Å². The summed E-state index contributed by atoms with van der Waals surface area (Å²) >= 11 is 0. The van der Waals surface area contributed by atoms with Gasteiger partial charge in [0.15, 0.2) is 11.8 Å². The van der Waals surface area contributed by atoms with Gasteiger partial charge >= 0.3 is 0 Å². The molecular formula is C18H35IN6. The topological polar surface area (TPSA) is 67.1 Å². The number of nitrogens with zero attached hydrogens (tertiary/aromatic N) is 4. The minimum Gasteiger partial charge on any atom is -0.356 e. The maximum absolute atomic E-state index is 4.76. The number of aryl methyl sites for hydroxylation is 1. The number of nitrogens with one attached hydrogen (secondary N) is 2. The van der Waals surface area contributed by atoms with Crippen LogP contribution in [0.25, 0.3) is 0 Å². The largest absolute Gasteiger partial charge is 0.356 e. The van der Waals surface area contributed by atoms with Gasteiger partial charge < -0.3 is 15.2 Å². The Morgan fingerprint density at radius 3 is 2.44 bits per heavy atom. The second-order valence-corrected chi connectivity index (χ2v) is 7.43. The Labute approximate surface area is 169 Å². The van der Waals surface area contributed by atoms with E-state index in [-0.39, 0.29) is 24.0 Å². The van der Waals surface area contributed by atoms with Crippen molar-refractivity contribution >= 4 is 29.9 Å². The van der Waals surface area contributed by atoms with Crippen LogP contribution in [-0.2, 0) is 13.6 Å². The average molecular weight is 462 g/mol. The minimum absolute atomic E-state index is 0. The molecule has 1 aromatic heterocycles. The van der Waals surface area contributed by atoms with E-state index >= 15 is 0 Å². The number of unbranched alkanes of at least 4 members (excludes halogenated alkanes) is 1. The van der Waals surface area contributed by atoms with E-state index in [0.29, 0.717) is 12.6 Å². The van der Waals surface area contributed by atoms with Gasteiger partial charge in [-0.25, -0.2) is 4.99 Å². The molecule has 1 saturated carbocycles. The zero-order valence-corrected chi connectivity index (χ0v) is 18.7. The first-order valence-electron chi connectivity index (χ1n) is 9.39. The molecule has 1 aliphatic carbocycles. The lowest BCUT2D eigenvalue weighted by Gasteiger charge is -2.33. The lowest BCUT2D eigenvalue weighted by molar-refractivity contribution is 0.255. The van der Waals surface area contributed by atoms with Gasteiger partial charge in [-0.15, -0.1) is 34.2 Å². The maximum Gasteiger partial charge on any atom is 0.191 e. The number of hydrogen-bond acceptors (Lipinski definition) is 3. The molecule has 1 aromatic rings. The van der Waals surface area contributed by atoms with E-state index in [1.165, 1.54) is 25.7 Å². The van der Waals surface area contributed by atoms with Gasteiger partial charge in [-0.05, 0) is 44.4 Å². The van der Waals surface area contributed by atoms with Crippen molar-refractivity contribution in [2.24, 2.45) is 23.9 Å². The molecule has 0 amide bonds. The van der Waals surface area contributed by atoms with E-state index in [2.05, 4.69) is 41.6 Å². The summed E-state index contributed by atoms with van der Waals surface area (Å²) in [6, 6.07) is 0.512. The second kappa shape index (κ2) is 11.0. The lowest BCUT2D eigenvalue weighted by atomic mass is 9.80. The van der Waals surface area contributed by atoms with E-state index in [4.69, 9.17) is 4.99 Å². The maximum atomic E-state index is 4.76. The predicted octanol–water partition coefficient (Wildman–Crippen LogP) is 3.40. The number of aliphatic imine (C=N–C) groups is 1. The first kappa shape index (κ1) is 22.2. The quantitative estimate of drug-likeness (QED) is 0.294. The molecule has 25 heavy (non-hydrogen) atoms. The second-order valence-electron chi connectivity index (χ2n) is 7.43. The number of hydrogen-bond donors (Lipinski definition) is 2. The highest BCUT2D eigenvalue weighted by Gasteiger charge is 2.24. The zero-order chi connectivity index (χ0) is 17.5. The van der Waals surface area contributed by atoms with Crippen LogP contribution in [-0.4, -0.2) is 33.3 Å². The summed E-state index contributed by atoms with van der Waals surface area (Å²) in [7, 11) is 1.99. The predicted molar refractivity (Wildman–Crippen MR) is 114 cm³/mol. The van der Waals surface area contributed by atoms with Gasteiger partial charge in [0.25, 0.3) is 0 Å². The first-order chi connectivity index (χ1) is 11.5. The molecule has 2 rings (SSSR count). The molecule has 0 radical (unpaired) electrons. The SMILES string of the molecule is CCCCNC(=NCc1nnc(C)n1C)NC1CC(C)CC(C)C1.I. The third-order valence-electron chi connectivity index (χ3n) is 4.90. The van der Waals surface area contributed by atoms with Gasteiger partial charge in [0, 0.05) is 19.6 Å². The Morgan fingerprint density at radius 1 is 1.20 bits per heavy atom. The van der Waals surface area contributed by atoms with Gasteiger partial charge in [0.05, 0.1) is 0 Å². The van der Waals surface area contributed by atoms with Crippen molar-refractivity contribution in [1.29, 1.82) is 0 Å². The average Bonchev–Trinajstić information content (AvgIpc) is 2.83. The Kier molecular flexibility index (Phi) is 9.74. The highest BCUT2D eigenvalue weighted by Crippen LogP contribution is 2.28. The molecule has 2 atom stereocenters. The molecule has 0 aliphatic heterocycles. The smallest absolute Gasteiger partial charge is 0.191 e. The van der Waals surface area contributed by atoms with Gasteiger partial charge in [-0.1, -0.05) is 27.2 Å². The molecule has 1 heterocycles. The summed E-state index contributed by atoms with van der Waals surface area (Å²) in [6.07, 6.45) is 6.12. The van der Waals surface area contributed by atoms with Crippen molar-refractivity contribution < 1.29 is 0 Å². The van der Waals surface area contributed by atoms with Crippen LogP contribution in [0, 0.1) is 18.8 Å². The van der Waals surface area contributed by atoms with Gasteiger partial charge in [-0.3, -0.25) is 0 Å². The van der Waals surface area contributed by atoms with Crippen molar-refractivity contribution in [1.82, 2.24) is 25.4 Å². The normalized spacial score (nSPS) is 23.9. The van der Waals surface area contributed by atoms with Crippen molar-refractivity contribution in [2.75, 3.05) is 6.54 Å². The van der Waals surface area contributed by atoms with Crippen LogP contribution in [0.5, 0.6) is 0 Å². The van der Waals surface area contributed by atoms with Crippen LogP contribution >= 0.6 is 24.0 Å². The Morgan fingerprint density at radius 2 is 1.88 bits per heavy atom. The molecule has 1 aliphatic rings. The molecule has 144 valence electrons. The molecule has 2 N–H and O–H groups in total. The van der Waals surface area contributed by atoms with E-state index < -0.39 is 0 Å². The molecule has 6 nitrogen and oxygen atoms in total. The fraction of sp³-hybridized carbons (Fsp3) is 0.833. The zero-order valence-electron chi connectivity index (χ0n) is 16.4. The van der Waals surface area contributed by atoms with Crippen molar-refractivity contribution in [3.8, 4) is 0 Å². The van der Waals surface area contributed by atoms with E-state index in [9.17, 15) is 0 Å². The Hall–Kier alpha value is -0.860. The third kappa shape index (κ3) is 7.11. The Balaban J connectivity index is 0.00000312. The standard InChI is InChI=1S/C18H34N6.HI/c1-6-7-8-19-18(20-12-17-23-22-15(4)24(17)5)21-16-10-13(2)9-14(3)11-16;/h13-14,16H,6-12H2,1-5H3,(H2,19,20,21);1H. The molecular weight excluding hydrogens is 427 g/mol. The van der Waals surface area contributed by atoms with Crippen LogP contribution in [0.2, 0.25) is 0 Å². The molecule has 0 aromatic carbocycles. The summed E-state index contributed by atoms with van der Waals surface area (Å²) in [4.78, 5) is 4.76. The summed E-state index contributed by atoms with van der Waals surface area (Å²) in [5.41, 5.74) is 0. The fourth-order valence-electron chi connectivity index (χ4n) is 3.53. The minimum atomic E-state index is 0. The molecule has 0 spiro atoms. The van der Waals surface area contributed by atoms with Gasteiger partial charge in [0.2, 0.25) is 0 Å². The van der Waals surface area contributed by atoms with Crippen LogP contribution < -0.4 is 10.6 Å². The van der Waals surface area contributed by atoms with Crippen molar-refractivity contribution in [3.05, 3.63) is 11.6 Å². The third-order valence-corrected chi connectivity index (χ3v) is 4.90. The monoisotopic (exact) mass is 462 g/mol. The van der Waals surface area contributed by atoms with Crippen LogP contribution in [0.4, 0.5) is 0 Å². The molecule has 0 saturated heterocycles. The Bertz CT molecular complexity index is 532. The number of rotatable bonds is 6. The van der Waals surface area contributed by atoms with Crippen LogP contribution in [0.15, 0.2) is 4.99 Å². The van der Waals surface area contributed by atoms with Crippen molar-refractivity contribution in [2.45, 2.75) is 72.4 Å². The van der Waals surface area contributed by atoms with E-state index in [1.54, 1.807) is 0 Å². The highest BCUT2D eigenvalue weighted by atomic mass is 127. The number of guanidine groups is 1. The highest BCUT2D eigenvalue weighted by molar-refractivity contribution is 14.0. The first-order valence-corrected chi connectivity index (χ1v) is 9.39. The van der Waals surface area contributed by atoms with Crippen LogP contribution in [0.1, 0.15) is 64.5 Å². The molecule has 7 heteroatoms. The summed E-state index contributed by atoms with van der Waals surface area (Å²) in [6.45, 7) is 10.4. The van der Waals surface area contributed by atoms with E-state index in [0.717, 1.165) is 42.4 Å². The number of halogens is 1. The molecule has 0 bridgehead atoms. The molecule has 2 unspecified atom stereocenters. The summed E-state index contributed by atoms with van der Waals surface area (Å²) in [5, 5.41) is 15.4. The van der Waals surface area contributed by atoms with Crippen molar-refractivity contribution in [3.63, 3.8) is 0 Å². The van der Waals surface area contributed by atoms with Gasteiger partial charge in [0.1, 0.15) is 12.4 Å². The summed E-state index contributed by atoms with van der Waals surface area (Å²) in [5.74, 6) is 4.29. The molecule has 1 fully saturated rings. The van der Waals surface area contributed by atoms with Gasteiger partial charge in [-0.2, -0.15) is 0 Å². The fourth-order valence-corrected chi connectivity index (χ4v) is 3.53. The lowest BCUT2D eigenvalue weighted by Crippen LogP contribution is -2.46.